The number of hydrogen-bond acceptors (Lipinski definition) is 2. The number of hydrogen-bond donors (Lipinski definition) is 0. The van der Waals surface area contributed by atoms with Crippen LogP contribution in [-0.2, 0) is 4.79 Å². The molecule has 0 bridgehead atoms. The first-order chi connectivity index (χ1) is 9.97. The van der Waals surface area contributed by atoms with Gasteiger partial charge < -0.3 is 4.90 Å². The first kappa shape index (κ1) is 15.7. The van der Waals surface area contributed by atoms with Gasteiger partial charge in [-0.15, -0.1) is 0 Å². The summed E-state index contributed by atoms with van der Waals surface area (Å²) in [6, 6.07) is 4.35. The topological polar surface area (TPSA) is 37.4 Å². The summed E-state index contributed by atoms with van der Waals surface area (Å²) in [6.45, 7) is 3.97. The van der Waals surface area contributed by atoms with Crippen LogP contribution in [0.2, 0.25) is 0 Å². The molecule has 0 N–H and O–H groups in total. The Morgan fingerprint density at radius 3 is 2.67 bits per heavy atom. The lowest BCUT2D eigenvalue weighted by molar-refractivity contribution is -0.118. The largest absolute Gasteiger partial charge is 0.335 e. The molecule has 0 aliphatic carbocycles. The van der Waals surface area contributed by atoms with E-state index in [4.69, 9.17) is 0 Å². The maximum atomic E-state index is 13.5. The molecule has 2 rings (SSSR count). The van der Waals surface area contributed by atoms with Gasteiger partial charge in [0.2, 0.25) is 0 Å². The molecule has 1 fully saturated rings. The number of carbonyl (C=O) groups is 2. The standard InChI is InChI=1S/C17H22FNO2/c1-12-8-14(11-15(18)9-12)17(21)19-7-5-3-4-6-16(19)10-13(2)20/h8-9,11,16H,3-7,10H2,1-2H3. The van der Waals surface area contributed by atoms with Crippen molar-refractivity contribution in [2.24, 2.45) is 0 Å². The highest BCUT2D eigenvalue weighted by Crippen LogP contribution is 2.22. The third-order valence-corrected chi connectivity index (χ3v) is 3.95. The summed E-state index contributed by atoms with van der Waals surface area (Å²) in [5.74, 6) is -0.461. The minimum absolute atomic E-state index is 0.0546. The average molecular weight is 291 g/mol. The maximum Gasteiger partial charge on any atom is 0.254 e. The monoisotopic (exact) mass is 291 g/mol. The number of benzene rings is 1. The Kier molecular flexibility index (Phi) is 5.10. The summed E-state index contributed by atoms with van der Waals surface area (Å²) >= 11 is 0. The number of ketones is 1. The first-order valence-electron chi connectivity index (χ1n) is 7.55. The van der Waals surface area contributed by atoms with Crippen molar-refractivity contribution in [1.82, 2.24) is 4.90 Å². The number of likely N-dealkylation sites (tertiary alicyclic amines) is 1. The summed E-state index contributed by atoms with van der Waals surface area (Å²) in [4.78, 5) is 25.9. The molecule has 114 valence electrons. The maximum absolute atomic E-state index is 13.5. The van der Waals surface area contributed by atoms with Crippen molar-refractivity contribution < 1.29 is 14.0 Å². The molecule has 3 nitrogen and oxygen atoms in total. The molecule has 0 spiro atoms. The highest BCUT2D eigenvalue weighted by Gasteiger charge is 2.27. The van der Waals surface area contributed by atoms with Gasteiger partial charge in [0.25, 0.3) is 5.91 Å². The number of nitrogens with zero attached hydrogens (tertiary/aromatic N) is 1. The molecule has 0 radical (unpaired) electrons. The van der Waals surface area contributed by atoms with E-state index < -0.39 is 5.82 Å². The van der Waals surface area contributed by atoms with Crippen molar-refractivity contribution in [2.45, 2.75) is 52.0 Å². The molecular formula is C17H22FNO2. The number of halogens is 1. The number of aryl methyl sites for hydroxylation is 1. The van der Waals surface area contributed by atoms with Crippen molar-refractivity contribution in [1.29, 1.82) is 0 Å². The number of carbonyl (C=O) groups excluding carboxylic acids is 2. The third kappa shape index (κ3) is 4.13. The van der Waals surface area contributed by atoms with E-state index in [2.05, 4.69) is 0 Å². The molecule has 1 aromatic carbocycles. The summed E-state index contributed by atoms with van der Waals surface area (Å²) < 4.78 is 13.5. The van der Waals surface area contributed by atoms with Crippen molar-refractivity contribution in [3.05, 3.63) is 35.1 Å². The fraction of sp³-hybridized carbons (Fsp3) is 0.529. The Bertz CT molecular complexity index is 521. The van der Waals surface area contributed by atoms with Gasteiger partial charge in [-0.3, -0.25) is 9.59 Å². The fourth-order valence-electron chi connectivity index (χ4n) is 3.01. The van der Waals surface area contributed by atoms with Crippen molar-refractivity contribution in [3.63, 3.8) is 0 Å². The average Bonchev–Trinajstić information content (AvgIpc) is 2.61. The van der Waals surface area contributed by atoms with Crippen LogP contribution >= 0.6 is 0 Å². The molecule has 0 aromatic heterocycles. The molecule has 1 saturated heterocycles. The van der Waals surface area contributed by atoms with Crippen molar-refractivity contribution in [2.75, 3.05) is 6.54 Å². The molecule has 4 heteroatoms. The van der Waals surface area contributed by atoms with E-state index >= 15 is 0 Å². The highest BCUT2D eigenvalue weighted by molar-refractivity contribution is 5.95. The van der Waals surface area contributed by atoms with Crippen molar-refractivity contribution >= 4 is 11.7 Å². The zero-order valence-corrected chi connectivity index (χ0v) is 12.7. The van der Waals surface area contributed by atoms with Crippen LogP contribution in [0.4, 0.5) is 4.39 Å². The van der Waals surface area contributed by atoms with Gasteiger partial charge in [0.05, 0.1) is 0 Å². The van der Waals surface area contributed by atoms with Crippen LogP contribution in [0.15, 0.2) is 18.2 Å². The SMILES string of the molecule is CC(=O)CC1CCCCCN1C(=O)c1cc(C)cc(F)c1. The smallest absolute Gasteiger partial charge is 0.254 e. The minimum atomic E-state index is -0.392. The summed E-state index contributed by atoms with van der Waals surface area (Å²) in [7, 11) is 0. The van der Waals surface area contributed by atoms with Crippen LogP contribution in [0, 0.1) is 12.7 Å². The van der Waals surface area contributed by atoms with Crippen LogP contribution in [0.25, 0.3) is 0 Å². The Balaban J connectivity index is 2.26. The second kappa shape index (κ2) is 6.83. The first-order valence-corrected chi connectivity index (χ1v) is 7.55. The molecule has 1 aromatic rings. The van der Waals surface area contributed by atoms with Gasteiger partial charge in [-0.2, -0.15) is 0 Å². The Morgan fingerprint density at radius 1 is 1.24 bits per heavy atom. The van der Waals surface area contributed by atoms with Gasteiger partial charge in [0.15, 0.2) is 0 Å². The molecular weight excluding hydrogens is 269 g/mol. The van der Waals surface area contributed by atoms with Gasteiger partial charge >= 0.3 is 0 Å². The number of Topliss-reactive ketones (excluding diaryl/α,β-unsaturated/α-hetero) is 1. The molecule has 1 unspecified atom stereocenters. The molecule has 0 saturated carbocycles. The fourth-order valence-corrected chi connectivity index (χ4v) is 3.01. The molecule has 1 amide bonds. The van der Waals surface area contributed by atoms with Gasteiger partial charge in [-0.25, -0.2) is 4.39 Å². The predicted octanol–water partition coefficient (Wildman–Crippen LogP) is 3.50. The van der Waals surface area contributed by atoms with E-state index in [0.717, 1.165) is 31.2 Å². The van der Waals surface area contributed by atoms with Crippen LogP contribution in [0.5, 0.6) is 0 Å². The van der Waals surface area contributed by atoms with Crippen LogP contribution in [-0.4, -0.2) is 29.2 Å². The van der Waals surface area contributed by atoms with Gasteiger partial charge in [0, 0.05) is 24.6 Å². The predicted molar refractivity (Wildman–Crippen MR) is 79.7 cm³/mol. The molecule has 1 heterocycles. The van der Waals surface area contributed by atoms with Gasteiger partial charge in [-0.1, -0.05) is 12.8 Å². The van der Waals surface area contributed by atoms with Gasteiger partial charge in [0.1, 0.15) is 11.6 Å². The zero-order chi connectivity index (χ0) is 15.4. The third-order valence-electron chi connectivity index (χ3n) is 3.95. The number of rotatable bonds is 3. The van der Waals surface area contributed by atoms with E-state index in [1.165, 1.54) is 12.1 Å². The van der Waals surface area contributed by atoms with Crippen molar-refractivity contribution in [3.8, 4) is 0 Å². The lowest BCUT2D eigenvalue weighted by Gasteiger charge is -2.29. The Morgan fingerprint density at radius 2 is 2.00 bits per heavy atom. The van der Waals surface area contributed by atoms with E-state index in [0.29, 0.717) is 18.5 Å². The summed E-state index contributed by atoms with van der Waals surface area (Å²) in [5.41, 5.74) is 1.11. The summed E-state index contributed by atoms with van der Waals surface area (Å²) in [6.07, 6.45) is 4.28. The molecule has 1 atom stereocenters. The molecule has 21 heavy (non-hydrogen) atoms. The van der Waals surface area contributed by atoms with E-state index in [1.807, 2.05) is 0 Å². The second-order valence-electron chi connectivity index (χ2n) is 5.93. The quantitative estimate of drug-likeness (QED) is 0.854. The highest BCUT2D eigenvalue weighted by atomic mass is 19.1. The van der Waals surface area contributed by atoms with E-state index in [-0.39, 0.29) is 17.7 Å². The van der Waals surface area contributed by atoms with Crippen LogP contribution < -0.4 is 0 Å². The molecule has 1 aliphatic rings. The second-order valence-corrected chi connectivity index (χ2v) is 5.93. The van der Waals surface area contributed by atoms with Crippen LogP contribution in [0.3, 0.4) is 0 Å². The Hall–Kier alpha value is -1.71. The lowest BCUT2D eigenvalue weighted by Crippen LogP contribution is -2.41. The minimum Gasteiger partial charge on any atom is -0.335 e. The molecule has 1 aliphatic heterocycles. The van der Waals surface area contributed by atoms with E-state index in [1.54, 1.807) is 24.8 Å². The Labute approximate surface area is 125 Å². The lowest BCUT2D eigenvalue weighted by atomic mass is 10.0. The normalized spacial score (nSPS) is 19.2. The van der Waals surface area contributed by atoms with Crippen LogP contribution in [0.1, 0.15) is 54.9 Å². The zero-order valence-electron chi connectivity index (χ0n) is 12.7. The van der Waals surface area contributed by atoms with Gasteiger partial charge in [-0.05, 0) is 50.5 Å². The summed E-state index contributed by atoms with van der Waals surface area (Å²) in [5, 5.41) is 0. The number of amides is 1. The van der Waals surface area contributed by atoms with E-state index in [9.17, 15) is 14.0 Å².